The molecular weight excluding hydrogens is 314 g/mol. The Hall–Kier alpha value is -2.07. The number of nitrogens with zero attached hydrogens (tertiary/aromatic N) is 1. The van der Waals surface area contributed by atoms with Crippen LogP contribution in [0.2, 0.25) is 5.02 Å². The average molecular weight is 334 g/mol. The number of aliphatic carboxylic acids is 1. The van der Waals surface area contributed by atoms with Gasteiger partial charge in [-0.25, -0.2) is 0 Å². The van der Waals surface area contributed by atoms with Crippen molar-refractivity contribution in [2.45, 2.75) is 40.7 Å². The summed E-state index contributed by atoms with van der Waals surface area (Å²) < 4.78 is 1.69. The molecule has 0 saturated heterocycles. The molecule has 0 aliphatic rings. The Kier molecular flexibility index (Phi) is 4.95. The number of ketones is 1. The molecule has 0 amide bonds. The summed E-state index contributed by atoms with van der Waals surface area (Å²) in [6, 6.07) is 5.50. The van der Waals surface area contributed by atoms with E-state index in [1.54, 1.807) is 10.6 Å². The molecule has 5 heteroatoms. The molecule has 0 spiro atoms. The minimum absolute atomic E-state index is 0.160. The Labute approximate surface area is 140 Å². The highest BCUT2D eigenvalue weighted by Gasteiger charge is 2.24. The molecular formula is C18H20ClNO3. The van der Waals surface area contributed by atoms with Crippen LogP contribution >= 0.6 is 11.6 Å². The van der Waals surface area contributed by atoms with E-state index >= 15 is 0 Å². The van der Waals surface area contributed by atoms with Gasteiger partial charge >= 0.3 is 5.97 Å². The molecule has 0 saturated carbocycles. The number of hydrogen-bond acceptors (Lipinski definition) is 2. The zero-order valence-electron chi connectivity index (χ0n) is 13.7. The summed E-state index contributed by atoms with van der Waals surface area (Å²) in [5, 5.41) is 9.32. The average Bonchev–Trinajstić information content (AvgIpc) is 2.71. The second-order valence-electron chi connectivity index (χ2n) is 5.75. The van der Waals surface area contributed by atoms with E-state index in [0.717, 1.165) is 16.7 Å². The van der Waals surface area contributed by atoms with E-state index in [9.17, 15) is 9.59 Å². The fraction of sp³-hybridized carbons (Fsp3) is 0.333. The maximum absolute atomic E-state index is 13.0. The molecule has 122 valence electrons. The number of benzene rings is 1. The summed E-state index contributed by atoms with van der Waals surface area (Å²) in [5.41, 5.74) is 4.42. The molecule has 1 heterocycles. The Bertz CT molecular complexity index is 767. The quantitative estimate of drug-likeness (QED) is 0.843. The second-order valence-corrected chi connectivity index (χ2v) is 6.16. The molecule has 4 nitrogen and oxygen atoms in total. The molecule has 1 N–H and O–H groups in total. The van der Waals surface area contributed by atoms with E-state index in [4.69, 9.17) is 16.7 Å². The Morgan fingerprint density at radius 1 is 1.13 bits per heavy atom. The normalized spacial score (nSPS) is 10.8. The monoisotopic (exact) mass is 333 g/mol. The Balaban J connectivity index is 2.60. The third-order valence-corrected chi connectivity index (χ3v) is 4.19. The van der Waals surface area contributed by atoms with Crippen molar-refractivity contribution in [1.29, 1.82) is 0 Å². The van der Waals surface area contributed by atoms with Crippen molar-refractivity contribution in [2.75, 3.05) is 0 Å². The fourth-order valence-electron chi connectivity index (χ4n) is 3.12. The molecule has 0 bridgehead atoms. The van der Waals surface area contributed by atoms with E-state index in [1.807, 2.05) is 39.8 Å². The van der Waals surface area contributed by atoms with Crippen molar-refractivity contribution in [1.82, 2.24) is 4.57 Å². The molecule has 0 aliphatic heterocycles. The highest BCUT2D eigenvalue weighted by Crippen LogP contribution is 2.28. The molecule has 2 rings (SSSR count). The van der Waals surface area contributed by atoms with Gasteiger partial charge < -0.3 is 9.67 Å². The van der Waals surface area contributed by atoms with Crippen LogP contribution in [0, 0.1) is 20.8 Å². The van der Waals surface area contributed by atoms with Crippen molar-refractivity contribution in [2.24, 2.45) is 0 Å². The van der Waals surface area contributed by atoms with Crippen LogP contribution in [0.5, 0.6) is 0 Å². The lowest BCUT2D eigenvalue weighted by Gasteiger charge is -2.14. The maximum atomic E-state index is 13.0. The van der Waals surface area contributed by atoms with Gasteiger partial charge in [-0.2, -0.15) is 0 Å². The summed E-state index contributed by atoms with van der Waals surface area (Å²) in [6.45, 7) is 8.14. The Morgan fingerprint density at radius 3 is 2.17 bits per heavy atom. The van der Waals surface area contributed by atoms with Gasteiger partial charge in [-0.3, -0.25) is 9.59 Å². The van der Waals surface area contributed by atoms with Gasteiger partial charge in [0.05, 0.1) is 11.4 Å². The standard InChI is InChI=1S/C18H20ClNO3/c1-5-20-13(9-15(21)22)8-14(19)17(20)18(23)16-11(3)6-10(2)7-12(16)4/h6-8H,5,9H2,1-4H3,(H,21,22). The number of carbonyl (C=O) groups excluding carboxylic acids is 1. The smallest absolute Gasteiger partial charge is 0.309 e. The first-order valence-electron chi connectivity index (χ1n) is 7.48. The molecule has 0 atom stereocenters. The summed E-state index contributed by atoms with van der Waals surface area (Å²) in [7, 11) is 0. The molecule has 0 fully saturated rings. The highest BCUT2D eigenvalue weighted by atomic mass is 35.5. The molecule has 23 heavy (non-hydrogen) atoms. The minimum atomic E-state index is -0.949. The molecule has 0 aliphatic carbocycles. The van der Waals surface area contributed by atoms with Crippen LogP contribution in [0.25, 0.3) is 0 Å². The van der Waals surface area contributed by atoms with E-state index in [0.29, 0.717) is 28.5 Å². The van der Waals surface area contributed by atoms with Crippen molar-refractivity contribution in [3.05, 3.63) is 56.9 Å². The molecule has 2 aromatic rings. The second kappa shape index (κ2) is 6.59. The van der Waals surface area contributed by atoms with Gasteiger partial charge in [-0.05, 0) is 44.9 Å². The largest absolute Gasteiger partial charge is 0.481 e. The summed E-state index contributed by atoms with van der Waals surface area (Å²) in [6.07, 6.45) is -0.160. The number of carboxylic acids is 1. The van der Waals surface area contributed by atoms with Crippen LogP contribution in [-0.4, -0.2) is 21.4 Å². The van der Waals surface area contributed by atoms with Crippen LogP contribution in [-0.2, 0) is 17.8 Å². The number of hydrogen-bond donors (Lipinski definition) is 1. The van der Waals surface area contributed by atoms with Crippen LogP contribution in [0.15, 0.2) is 18.2 Å². The molecule has 1 aromatic heterocycles. The number of rotatable bonds is 5. The SMILES string of the molecule is CCn1c(CC(=O)O)cc(Cl)c1C(=O)c1c(C)cc(C)cc1C. The molecule has 0 radical (unpaired) electrons. The zero-order chi connectivity index (χ0) is 17.3. The minimum Gasteiger partial charge on any atom is -0.481 e. The van der Waals surface area contributed by atoms with Crippen LogP contribution in [0.1, 0.15) is 45.4 Å². The topological polar surface area (TPSA) is 59.3 Å². The van der Waals surface area contributed by atoms with E-state index in [1.165, 1.54) is 0 Å². The number of aromatic nitrogens is 1. The predicted octanol–water partition coefficient (Wildman–Crippen LogP) is 3.94. The van der Waals surface area contributed by atoms with Crippen molar-refractivity contribution in [3.63, 3.8) is 0 Å². The lowest BCUT2D eigenvalue weighted by atomic mass is 9.95. The lowest BCUT2D eigenvalue weighted by molar-refractivity contribution is -0.136. The van der Waals surface area contributed by atoms with Gasteiger partial charge in [0, 0.05) is 17.8 Å². The third kappa shape index (κ3) is 3.32. The highest BCUT2D eigenvalue weighted by molar-refractivity contribution is 6.35. The number of carboxylic acid groups (broad SMARTS) is 1. The number of carbonyl (C=O) groups is 2. The van der Waals surface area contributed by atoms with Gasteiger partial charge in [-0.15, -0.1) is 0 Å². The zero-order valence-corrected chi connectivity index (χ0v) is 14.5. The van der Waals surface area contributed by atoms with Crippen molar-refractivity contribution in [3.8, 4) is 0 Å². The summed E-state index contributed by atoms with van der Waals surface area (Å²) in [5.74, 6) is -1.11. The van der Waals surface area contributed by atoms with Gasteiger partial charge in [-0.1, -0.05) is 29.3 Å². The number of aryl methyl sites for hydroxylation is 3. The van der Waals surface area contributed by atoms with Gasteiger partial charge in [0.25, 0.3) is 0 Å². The van der Waals surface area contributed by atoms with E-state index in [2.05, 4.69) is 0 Å². The molecule has 0 unspecified atom stereocenters. The fourth-order valence-corrected chi connectivity index (χ4v) is 3.43. The van der Waals surface area contributed by atoms with Gasteiger partial charge in [0.15, 0.2) is 0 Å². The van der Waals surface area contributed by atoms with Crippen molar-refractivity contribution < 1.29 is 14.7 Å². The van der Waals surface area contributed by atoms with Gasteiger partial charge in [0.1, 0.15) is 5.69 Å². The predicted molar refractivity (Wildman–Crippen MR) is 90.5 cm³/mol. The molecule has 1 aromatic carbocycles. The summed E-state index contributed by atoms with van der Waals surface area (Å²) in [4.78, 5) is 24.0. The first-order valence-corrected chi connectivity index (χ1v) is 7.86. The van der Waals surface area contributed by atoms with E-state index in [-0.39, 0.29) is 12.2 Å². The van der Waals surface area contributed by atoms with Crippen LogP contribution < -0.4 is 0 Å². The first-order chi connectivity index (χ1) is 10.8. The van der Waals surface area contributed by atoms with E-state index < -0.39 is 5.97 Å². The van der Waals surface area contributed by atoms with Gasteiger partial charge in [0.2, 0.25) is 5.78 Å². The third-order valence-electron chi connectivity index (χ3n) is 3.90. The maximum Gasteiger partial charge on any atom is 0.309 e. The first kappa shape index (κ1) is 17.3. The lowest BCUT2D eigenvalue weighted by Crippen LogP contribution is -2.15. The number of halogens is 1. The summed E-state index contributed by atoms with van der Waals surface area (Å²) >= 11 is 6.26. The Morgan fingerprint density at radius 2 is 1.70 bits per heavy atom. The van der Waals surface area contributed by atoms with Crippen LogP contribution in [0.4, 0.5) is 0 Å². The van der Waals surface area contributed by atoms with Crippen molar-refractivity contribution >= 4 is 23.4 Å². The van der Waals surface area contributed by atoms with Crippen LogP contribution in [0.3, 0.4) is 0 Å².